The Morgan fingerprint density at radius 3 is 2.86 bits per heavy atom. The van der Waals surface area contributed by atoms with Crippen molar-refractivity contribution in [1.29, 1.82) is 0 Å². The Labute approximate surface area is 164 Å². The molecule has 7 nitrogen and oxygen atoms in total. The van der Waals surface area contributed by atoms with Crippen LogP contribution in [0.25, 0.3) is 0 Å². The number of furan rings is 1. The number of hydrogen-bond acceptors (Lipinski definition) is 5. The minimum absolute atomic E-state index is 0.0103. The number of fused-ring (bicyclic) bond motifs is 1. The summed E-state index contributed by atoms with van der Waals surface area (Å²) in [4.78, 5) is 34.0. The van der Waals surface area contributed by atoms with Crippen molar-refractivity contribution in [3.63, 3.8) is 0 Å². The third-order valence-corrected chi connectivity index (χ3v) is 6.27. The fraction of sp³-hybridized carbons (Fsp3) is 0.476. The van der Waals surface area contributed by atoms with E-state index in [-0.39, 0.29) is 29.9 Å². The second kappa shape index (κ2) is 7.39. The first-order valence-electron chi connectivity index (χ1n) is 9.71. The van der Waals surface area contributed by atoms with Crippen LogP contribution in [-0.2, 0) is 0 Å². The average molecular weight is 383 g/mol. The molecule has 0 bridgehead atoms. The van der Waals surface area contributed by atoms with Gasteiger partial charge >= 0.3 is 0 Å². The highest BCUT2D eigenvalue weighted by atomic mass is 16.3. The summed E-state index contributed by atoms with van der Waals surface area (Å²) in [5.74, 6) is -0.231. The molecule has 0 aromatic carbocycles. The number of rotatable bonds is 3. The molecule has 0 unspecified atom stereocenters. The molecule has 1 N–H and O–H groups in total. The van der Waals surface area contributed by atoms with Crippen molar-refractivity contribution in [3.8, 4) is 0 Å². The third kappa shape index (κ3) is 3.09. The van der Waals surface area contributed by atoms with Crippen molar-refractivity contribution < 1.29 is 19.1 Å². The maximum absolute atomic E-state index is 13.3. The smallest absolute Gasteiger partial charge is 0.273 e. The van der Waals surface area contributed by atoms with E-state index in [1.165, 1.54) is 12.5 Å². The number of piperidine rings is 2. The van der Waals surface area contributed by atoms with Gasteiger partial charge in [-0.3, -0.25) is 14.6 Å². The van der Waals surface area contributed by atoms with Crippen LogP contribution in [-0.4, -0.2) is 64.0 Å². The summed E-state index contributed by atoms with van der Waals surface area (Å²) < 4.78 is 5.04. The van der Waals surface area contributed by atoms with Crippen LogP contribution in [0.15, 0.2) is 41.3 Å². The van der Waals surface area contributed by atoms with Gasteiger partial charge in [0.25, 0.3) is 11.8 Å². The largest absolute Gasteiger partial charge is 0.472 e. The van der Waals surface area contributed by atoms with Gasteiger partial charge in [0.15, 0.2) is 0 Å². The van der Waals surface area contributed by atoms with Crippen LogP contribution in [0.5, 0.6) is 0 Å². The number of aliphatic hydroxyl groups excluding tert-OH is 1. The number of nitrogens with zero attached hydrogens (tertiary/aromatic N) is 3. The molecule has 0 radical (unpaired) electrons. The average Bonchev–Trinajstić information content (AvgIpc) is 3.27. The van der Waals surface area contributed by atoms with Gasteiger partial charge in [-0.1, -0.05) is 6.07 Å². The van der Waals surface area contributed by atoms with E-state index < -0.39 is 0 Å². The van der Waals surface area contributed by atoms with Crippen molar-refractivity contribution in [2.24, 2.45) is 5.41 Å². The minimum Gasteiger partial charge on any atom is -0.472 e. The first-order valence-corrected chi connectivity index (χ1v) is 9.71. The van der Waals surface area contributed by atoms with Gasteiger partial charge in [-0.25, -0.2) is 0 Å². The van der Waals surface area contributed by atoms with Crippen molar-refractivity contribution in [3.05, 3.63) is 53.7 Å². The molecular formula is C21H25N3O4. The zero-order valence-electron chi connectivity index (χ0n) is 16.0. The maximum atomic E-state index is 13.3. The van der Waals surface area contributed by atoms with Gasteiger partial charge < -0.3 is 19.3 Å². The Bertz CT molecular complexity index is 866. The zero-order valence-corrected chi connectivity index (χ0v) is 16.0. The van der Waals surface area contributed by atoms with Crippen LogP contribution >= 0.6 is 0 Å². The van der Waals surface area contributed by atoms with Gasteiger partial charge in [0, 0.05) is 31.2 Å². The lowest BCUT2D eigenvalue weighted by Gasteiger charge is -2.54. The van der Waals surface area contributed by atoms with Crippen molar-refractivity contribution >= 4 is 11.8 Å². The molecule has 2 amide bonds. The predicted octanol–water partition coefficient (Wildman–Crippen LogP) is 2.11. The fourth-order valence-corrected chi connectivity index (χ4v) is 4.60. The van der Waals surface area contributed by atoms with Gasteiger partial charge in [0.05, 0.1) is 24.5 Å². The molecular weight excluding hydrogens is 358 g/mol. The highest BCUT2D eigenvalue weighted by Gasteiger charge is 2.50. The third-order valence-electron chi connectivity index (χ3n) is 6.27. The van der Waals surface area contributed by atoms with Crippen molar-refractivity contribution in [2.75, 3.05) is 26.2 Å². The molecule has 2 atom stereocenters. The van der Waals surface area contributed by atoms with E-state index >= 15 is 0 Å². The van der Waals surface area contributed by atoms with E-state index in [9.17, 15) is 14.7 Å². The summed E-state index contributed by atoms with van der Waals surface area (Å²) in [6.45, 7) is 3.46. The van der Waals surface area contributed by atoms with Gasteiger partial charge in [-0.05, 0) is 43.9 Å². The molecule has 4 heterocycles. The molecule has 28 heavy (non-hydrogen) atoms. The summed E-state index contributed by atoms with van der Waals surface area (Å²) >= 11 is 0. The summed E-state index contributed by atoms with van der Waals surface area (Å²) in [5.41, 5.74) is 1.40. The second-order valence-corrected chi connectivity index (χ2v) is 7.82. The van der Waals surface area contributed by atoms with Gasteiger partial charge in [0.2, 0.25) is 0 Å². The van der Waals surface area contributed by atoms with Crippen molar-refractivity contribution in [2.45, 2.75) is 32.2 Å². The Kier molecular flexibility index (Phi) is 4.93. The first kappa shape index (κ1) is 18.7. The number of carbonyl (C=O) groups is 2. The molecule has 2 saturated heterocycles. The lowest BCUT2D eigenvalue weighted by Crippen LogP contribution is -2.64. The fourth-order valence-electron chi connectivity index (χ4n) is 4.60. The van der Waals surface area contributed by atoms with Crippen LogP contribution in [0.3, 0.4) is 0 Å². The van der Waals surface area contributed by atoms with E-state index in [4.69, 9.17) is 4.42 Å². The Hall–Kier alpha value is -2.67. The monoisotopic (exact) mass is 383 g/mol. The quantitative estimate of drug-likeness (QED) is 0.877. The number of aliphatic hydroxyl groups is 1. The summed E-state index contributed by atoms with van der Waals surface area (Å²) in [7, 11) is 0. The molecule has 2 fully saturated rings. The van der Waals surface area contributed by atoms with E-state index in [1.807, 2.05) is 24.0 Å². The van der Waals surface area contributed by atoms with Crippen LogP contribution in [0.1, 0.15) is 45.7 Å². The molecule has 148 valence electrons. The number of hydrogen-bond donors (Lipinski definition) is 1. The number of aryl methyl sites for hydroxylation is 1. The van der Waals surface area contributed by atoms with Gasteiger partial charge in [-0.2, -0.15) is 0 Å². The van der Waals surface area contributed by atoms with Crippen LogP contribution < -0.4 is 0 Å². The summed E-state index contributed by atoms with van der Waals surface area (Å²) in [6.07, 6.45) is 6.91. The lowest BCUT2D eigenvalue weighted by atomic mass is 9.68. The molecule has 2 aromatic heterocycles. The zero-order chi connectivity index (χ0) is 19.7. The number of carbonyl (C=O) groups excluding carboxylic acids is 2. The molecule has 2 aromatic rings. The predicted molar refractivity (Wildman–Crippen MR) is 102 cm³/mol. The molecule has 0 saturated carbocycles. The summed E-state index contributed by atoms with van der Waals surface area (Å²) in [6, 6.07) is 5.10. The molecule has 4 rings (SSSR count). The van der Waals surface area contributed by atoms with E-state index in [1.54, 1.807) is 17.2 Å². The molecule has 0 spiro atoms. The van der Waals surface area contributed by atoms with Gasteiger partial charge in [0.1, 0.15) is 12.0 Å². The van der Waals surface area contributed by atoms with E-state index in [0.717, 1.165) is 18.4 Å². The van der Waals surface area contributed by atoms with E-state index in [2.05, 4.69) is 4.98 Å². The summed E-state index contributed by atoms with van der Waals surface area (Å²) in [5, 5.41) is 10.2. The van der Waals surface area contributed by atoms with Crippen LogP contribution in [0.4, 0.5) is 0 Å². The molecule has 2 aliphatic heterocycles. The number of amides is 2. The van der Waals surface area contributed by atoms with Gasteiger partial charge in [-0.15, -0.1) is 0 Å². The SMILES string of the molecule is Cc1cccnc1C(=O)N1CCC[C@]2(CO)CCN(C(=O)c3ccoc3)C[C@@H]12. The first-order chi connectivity index (χ1) is 13.6. The minimum atomic E-state index is -0.371. The Morgan fingerprint density at radius 2 is 2.14 bits per heavy atom. The topological polar surface area (TPSA) is 86.9 Å². The van der Waals surface area contributed by atoms with Crippen molar-refractivity contribution in [1.82, 2.24) is 14.8 Å². The van der Waals surface area contributed by atoms with Crippen LogP contribution in [0.2, 0.25) is 0 Å². The number of aromatic nitrogens is 1. The maximum Gasteiger partial charge on any atom is 0.273 e. The number of pyridine rings is 1. The highest BCUT2D eigenvalue weighted by Crippen LogP contribution is 2.42. The standard InChI is InChI=1S/C21H25N3O4/c1-15-4-2-8-22-18(15)20(27)24-9-3-6-21(14-25)7-10-23(12-17(21)24)19(26)16-5-11-28-13-16/h2,4-5,8,11,13,17,25H,3,6-7,9-10,12,14H2,1H3/t17-,21-/m1/s1. The Balaban J connectivity index is 1.63. The second-order valence-electron chi connectivity index (χ2n) is 7.82. The highest BCUT2D eigenvalue weighted by molar-refractivity contribution is 5.95. The Morgan fingerprint density at radius 1 is 1.29 bits per heavy atom. The van der Waals surface area contributed by atoms with E-state index in [0.29, 0.717) is 37.3 Å². The molecule has 7 heteroatoms. The number of likely N-dealkylation sites (tertiary alicyclic amines) is 2. The molecule has 0 aliphatic carbocycles. The lowest BCUT2D eigenvalue weighted by molar-refractivity contribution is -0.0581. The normalized spacial score (nSPS) is 24.7. The molecule has 2 aliphatic rings. The van der Waals surface area contributed by atoms with Crippen LogP contribution in [0, 0.1) is 12.3 Å².